The van der Waals surface area contributed by atoms with Gasteiger partial charge in [0.2, 0.25) is 0 Å². The van der Waals surface area contributed by atoms with E-state index in [9.17, 15) is 13.2 Å². The van der Waals surface area contributed by atoms with Crippen molar-refractivity contribution in [1.29, 1.82) is 0 Å². The first kappa shape index (κ1) is 18.2. The summed E-state index contributed by atoms with van der Waals surface area (Å²) < 4.78 is 24.0. The predicted octanol–water partition coefficient (Wildman–Crippen LogP) is 2.93. The molecule has 26 heavy (non-hydrogen) atoms. The highest BCUT2D eigenvalue weighted by molar-refractivity contribution is 7.93. The van der Waals surface area contributed by atoms with E-state index >= 15 is 0 Å². The van der Waals surface area contributed by atoms with E-state index in [2.05, 4.69) is 15.5 Å². The molecule has 0 saturated heterocycles. The number of thiophene rings is 1. The van der Waals surface area contributed by atoms with E-state index in [4.69, 9.17) is 0 Å². The Bertz CT molecular complexity index is 1010. The second-order valence-electron chi connectivity index (χ2n) is 5.50. The van der Waals surface area contributed by atoms with Gasteiger partial charge in [0, 0.05) is 10.4 Å². The van der Waals surface area contributed by atoms with Crippen LogP contribution in [-0.2, 0) is 16.4 Å². The van der Waals surface area contributed by atoms with Crippen LogP contribution < -0.4 is 5.32 Å². The van der Waals surface area contributed by atoms with Crippen molar-refractivity contribution in [2.75, 3.05) is 5.75 Å². The van der Waals surface area contributed by atoms with Crippen LogP contribution in [0.2, 0.25) is 0 Å². The molecule has 1 aromatic carbocycles. The minimum Gasteiger partial charge on any atom is -0.347 e. The van der Waals surface area contributed by atoms with E-state index in [1.54, 1.807) is 25.1 Å². The number of nitrogens with zero attached hydrogens (tertiary/aromatic N) is 2. The second kappa shape index (κ2) is 7.76. The van der Waals surface area contributed by atoms with Crippen molar-refractivity contribution < 1.29 is 13.2 Å². The monoisotopic (exact) mass is 387 g/mol. The summed E-state index contributed by atoms with van der Waals surface area (Å²) in [5.41, 5.74) is 1.89. The Morgan fingerprint density at radius 2 is 1.92 bits per heavy atom. The number of hydrogen-bond acceptors (Lipinski definition) is 6. The lowest BCUT2D eigenvalue weighted by Crippen LogP contribution is -2.22. The van der Waals surface area contributed by atoms with Crippen molar-refractivity contribution in [3.8, 4) is 11.3 Å². The Morgan fingerprint density at radius 1 is 1.15 bits per heavy atom. The maximum atomic E-state index is 12.4. The molecule has 2 heterocycles. The topological polar surface area (TPSA) is 89.0 Å². The van der Waals surface area contributed by atoms with Gasteiger partial charge in [-0.05, 0) is 18.2 Å². The number of hydrogen-bond donors (Lipinski definition) is 1. The summed E-state index contributed by atoms with van der Waals surface area (Å²) in [5.74, 6) is -0.227. The SMILES string of the molecule is CCS(=O)(=O)c1ccc(CNC(=O)c2cnnc(-c3ccccc3)c2)s1. The van der Waals surface area contributed by atoms with Crippen LogP contribution in [0.15, 0.2) is 58.9 Å². The summed E-state index contributed by atoms with van der Waals surface area (Å²) in [6.07, 6.45) is 1.41. The normalized spacial score (nSPS) is 11.3. The highest BCUT2D eigenvalue weighted by atomic mass is 32.2. The molecule has 0 aliphatic rings. The van der Waals surface area contributed by atoms with E-state index < -0.39 is 9.84 Å². The number of sulfone groups is 1. The van der Waals surface area contributed by atoms with Crippen molar-refractivity contribution in [2.24, 2.45) is 0 Å². The van der Waals surface area contributed by atoms with Crippen LogP contribution >= 0.6 is 11.3 Å². The van der Waals surface area contributed by atoms with Crippen LogP contribution in [0, 0.1) is 0 Å². The predicted molar refractivity (Wildman–Crippen MR) is 101 cm³/mol. The summed E-state index contributed by atoms with van der Waals surface area (Å²) in [5, 5.41) is 10.7. The molecule has 2 aromatic heterocycles. The Kier molecular flexibility index (Phi) is 5.43. The molecular weight excluding hydrogens is 370 g/mol. The molecule has 0 bridgehead atoms. The molecule has 0 aliphatic heterocycles. The summed E-state index contributed by atoms with van der Waals surface area (Å²) in [4.78, 5) is 13.1. The zero-order valence-electron chi connectivity index (χ0n) is 14.0. The number of nitrogens with one attached hydrogen (secondary N) is 1. The largest absolute Gasteiger partial charge is 0.347 e. The third-order valence-electron chi connectivity index (χ3n) is 3.73. The van der Waals surface area contributed by atoms with E-state index in [1.165, 1.54) is 17.5 Å². The molecule has 1 amide bonds. The summed E-state index contributed by atoms with van der Waals surface area (Å²) >= 11 is 1.17. The number of rotatable bonds is 6. The maximum Gasteiger partial charge on any atom is 0.253 e. The fraction of sp³-hybridized carbons (Fsp3) is 0.167. The zero-order valence-corrected chi connectivity index (χ0v) is 15.7. The molecule has 0 fully saturated rings. The lowest BCUT2D eigenvalue weighted by atomic mass is 10.1. The minimum atomic E-state index is -3.22. The molecular formula is C18H17N3O3S2. The van der Waals surface area contributed by atoms with Gasteiger partial charge in [0.25, 0.3) is 5.91 Å². The molecule has 1 N–H and O–H groups in total. The van der Waals surface area contributed by atoms with Crippen LogP contribution in [-0.4, -0.2) is 30.3 Å². The Hall–Kier alpha value is -2.58. The molecule has 0 spiro atoms. The zero-order chi connectivity index (χ0) is 18.6. The molecule has 0 radical (unpaired) electrons. The lowest BCUT2D eigenvalue weighted by Gasteiger charge is -2.05. The molecule has 0 unspecified atom stereocenters. The maximum absolute atomic E-state index is 12.4. The Labute approximate surface area is 155 Å². The van der Waals surface area contributed by atoms with Gasteiger partial charge in [0.15, 0.2) is 9.84 Å². The smallest absolute Gasteiger partial charge is 0.253 e. The van der Waals surface area contributed by atoms with E-state index in [0.29, 0.717) is 15.5 Å². The highest BCUT2D eigenvalue weighted by Crippen LogP contribution is 2.22. The van der Waals surface area contributed by atoms with Gasteiger partial charge in [-0.15, -0.1) is 11.3 Å². The van der Waals surface area contributed by atoms with Crippen molar-refractivity contribution in [2.45, 2.75) is 17.7 Å². The average molecular weight is 387 g/mol. The first-order chi connectivity index (χ1) is 12.5. The van der Waals surface area contributed by atoms with Gasteiger partial charge in [0.05, 0.1) is 29.8 Å². The second-order valence-corrected chi connectivity index (χ2v) is 9.18. The van der Waals surface area contributed by atoms with Gasteiger partial charge >= 0.3 is 0 Å². The quantitative estimate of drug-likeness (QED) is 0.702. The lowest BCUT2D eigenvalue weighted by molar-refractivity contribution is 0.0950. The highest BCUT2D eigenvalue weighted by Gasteiger charge is 2.15. The third-order valence-corrected chi connectivity index (χ3v) is 7.13. The summed E-state index contributed by atoms with van der Waals surface area (Å²) in [7, 11) is -3.22. The van der Waals surface area contributed by atoms with Crippen molar-refractivity contribution >= 4 is 27.1 Å². The standard InChI is InChI=1S/C18H17N3O3S2/c1-2-26(23,24)17-9-8-15(25-17)12-19-18(22)14-10-16(21-20-11-14)13-6-4-3-5-7-13/h3-11H,2,12H2,1H3,(H,19,22). The minimum absolute atomic E-state index is 0.0598. The van der Waals surface area contributed by atoms with E-state index in [-0.39, 0.29) is 18.2 Å². The molecule has 3 aromatic rings. The number of aromatic nitrogens is 2. The molecule has 0 atom stereocenters. The van der Waals surface area contributed by atoms with Gasteiger partial charge in [0.1, 0.15) is 4.21 Å². The summed E-state index contributed by atoms with van der Waals surface area (Å²) in [6.45, 7) is 1.86. The van der Waals surface area contributed by atoms with E-state index in [1.807, 2.05) is 30.3 Å². The van der Waals surface area contributed by atoms with Crippen LogP contribution in [0.25, 0.3) is 11.3 Å². The van der Waals surface area contributed by atoms with Crippen LogP contribution in [0.4, 0.5) is 0 Å². The van der Waals surface area contributed by atoms with Crippen LogP contribution in [0.5, 0.6) is 0 Å². The fourth-order valence-electron chi connectivity index (χ4n) is 2.27. The number of amides is 1. The van der Waals surface area contributed by atoms with E-state index in [0.717, 1.165) is 10.4 Å². The van der Waals surface area contributed by atoms with Crippen molar-refractivity contribution in [1.82, 2.24) is 15.5 Å². The van der Waals surface area contributed by atoms with Crippen molar-refractivity contribution in [3.63, 3.8) is 0 Å². The van der Waals surface area contributed by atoms with Crippen LogP contribution in [0.1, 0.15) is 22.2 Å². The summed E-state index contributed by atoms with van der Waals surface area (Å²) in [6, 6.07) is 14.5. The molecule has 3 rings (SSSR count). The van der Waals surface area contributed by atoms with Gasteiger partial charge in [-0.3, -0.25) is 4.79 Å². The van der Waals surface area contributed by atoms with Crippen molar-refractivity contribution in [3.05, 3.63) is 65.2 Å². The fourth-order valence-corrected chi connectivity index (χ4v) is 4.69. The first-order valence-corrected chi connectivity index (χ1v) is 10.4. The Balaban J connectivity index is 1.70. The number of carbonyl (C=O) groups is 1. The number of carbonyl (C=O) groups excluding carboxylic acids is 1. The van der Waals surface area contributed by atoms with Gasteiger partial charge in [-0.1, -0.05) is 37.3 Å². The third kappa shape index (κ3) is 4.14. The average Bonchev–Trinajstić information content (AvgIpc) is 3.17. The molecule has 134 valence electrons. The molecule has 8 heteroatoms. The van der Waals surface area contributed by atoms with Gasteiger partial charge in [-0.25, -0.2) is 8.42 Å². The Morgan fingerprint density at radius 3 is 2.65 bits per heavy atom. The number of benzene rings is 1. The van der Waals surface area contributed by atoms with Gasteiger partial charge in [-0.2, -0.15) is 10.2 Å². The molecule has 0 saturated carbocycles. The first-order valence-electron chi connectivity index (χ1n) is 7.97. The molecule has 6 nitrogen and oxygen atoms in total. The molecule has 0 aliphatic carbocycles. The van der Waals surface area contributed by atoms with Gasteiger partial charge < -0.3 is 5.32 Å². The van der Waals surface area contributed by atoms with Crippen LogP contribution in [0.3, 0.4) is 0 Å².